The van der Waals surface area contributed by atoms with Gasteiger partial charge >= 0.3 is 0 Å². The van der Waals surface area contributed by atoms with Crippen molar-refractivity contribution < 1.29 is 0 Å². The predicted molar refractivity (Wildman–Crippen MR) is 83.0 cm³/mol. The molecule has 1 aliphatic heterocycles. The Kier molecular flexibility index (Phi) is 4.48. The van der Waals surface area contributed by atoms with Crippen LogP contribution in [0.5, 0.6) is 0 Å². The van der Waals surface area contributed by atoms with Crippen molar-refractivity contribution in [1.29, 1.82) is 0 Å². The molecule has 2 N–H and O–H groups in total. The first-order valence-electron chi connectivity index (χ1n) is 7.26. The second-order valence-corrected chi connectivity index (χ2v) is 5.91. The van der Waals surface area contributed by atoms with Crippen LogP contribution in [0.15, 0.2) is 12.1 Å². The lowest BCUT2D eigenvalue weighted by molar-refractivity contribution is 0.210. The standard InChI is InChI=1S/C16H27N3/c1-12-9-13(2)16(14(3)10-12)19-8-7-18(4)15(11-19)5-6-17/h9-10,15H,5-8,11,17H2,1-4H3. The van der Waals surface area contributed by atoms with Crippen LogP contribution in [0.2, 0.25) is 0 Å². The van der Waals surface area contributed by atoms with Gasteiger partial charge in [0.2, 0.25) is 0 Å². The normalized spacial score (nSPS) is 20.9. The van der Waals surface area contributed by atoms with E-state index in [4.69, 9.17) is 5.73 Å². The zero-order chi connectivity index (χ0) is 14.0. The van der Waals surface area contributed by atoms with Crippen LogP contribution >= 0.6 is 0 Å². The van der Waals surface area contributed by atoms with Crippen LogP contribution in [-0.2, 0) is 0 Å². The maximum absolute atomic E-state index is 5.74. The zero-order valence-corrected chi connectivity index (χ0v) is 12.7. The summed E-state index contributed by atoms with van der Waals surface area (Å²) < 4.78 is 0. The fourth-order valence-electron chi connectivity index (χ4n) is 3.32. The summed E-state index contributed by atoms with van der Waals surface area (Å²) in [6.45, 7) is 10.7. The fraction of sp³-hybridized carbons (Fsp3) is 0.625. The third-order valence-electron chi connectivity index (χ3n) is 4.23. The number of nitrogens with two attached hydrogens (primary N) is 1. The minimum atomic E-state index is 0.582. The first-order valence-corrected chi connectivity index (χ1v) is 7.26. The highest BCUT2D eigenvalue weighted by Gasteiger charge is 2.25. The first kappa shape index (κ1) is 14.4. The van der Waals surface area contributed by atoms with Gasteiger partial charge in [0.05, 0.1) is 0 Å². The van der Waals surface area contributed by atoms with Crippen LogP contribution in [0.25, 0.3) is 0 Å². The Morgan fingerprint density at radius 1 is 1.16 bits per heavy atom. The van der Waals surface area contributed by atoms with E-state index >= 15 is 0 Å². The molecule has 106 valence electrons. The van der Waals surface area contributed by atoms with E-state index in [0.717, 1.165) is 32.6 Å². The summed E-state index contributed by atoms with van der Waals surface area (Å²) >= 11 is 0. The molecule has 3 heteroatoms. The molecule has 19 heavy (non-hydrogen) atoms. The number of rotatable bonds is 3. The summed E-state index contributed by atoms with van der Waals surface area (Å²) in [5.74, 6) is 0. The molecule has 1 aliphatic rings. The minimum Gasteiger partial charge on any atom is -0.368 e. The Balaban J connectivity index is 2.23. The Morgan fingerprint density at radius 3 is 2.37 bits per heavy atom. The Labute approximate surface area is 117 Å². The number of hydrogen-bond donors (Lipinski definition) is 1. The summed E-state index contributed by atoms with van der Waals surface area (Å²) in [6.07, 6.45) is 1.08. The average Bonchev–Trinajstić information content (AvgIpc) is 2.32. The van der Waals surface area contributed by atoms with Gasteiger partial charge in [0.15, 0.2) is 0 Å². The number of anilines is 1. The molecule has 1 fully saturated rings. The van der Waals surface area contributed by atoms with E-state index in [-0.39, 0.29) is 0 Å². The molecule has 0 bridgehead atoms. The maximum atomic E-state index is 5.74. The molecule has 0 amide bonds. The van der Waals surface area contributed by atoms with Gasteiger partial charge in [-0.2, -0.15) is 0 Å². The third kappa shape index (κ3) is 3.10. The summed E-state index contributed by atoms with van der Waals surface area (Å²) in [7, 11) is 2.21. The highest BCUT2D eigenvalue weighted by molar-refractivity contribution is 5.60. The highest BCUT2D eigenvalue weighted by Crippen LogP contribution is 2.28. The Hall–Kier alpha value is -1.06. The van der Waals surface area contributed by atoms with Crippen molar-refractivity contribution in [2.45, 2.75) is 33.2 Å². The van der Waals surface area contributed by atoms with Crippen molar-refractivity contribution >= 4 is 5.69 Å². The predicted octanol–water partition coefficient (Wildman–Crippen LogP) is 2.08. The molecular formula is C16H27N3. The summed E-state index contributed by atoms with van der Waals surface area (Å²) in [5, 5.41) is 0. The molecule has 1 atom stereocenters. The second-order valence-electron chi connectivity index (χ2n) is 5.91. The lowest BCUT2D eigenvalue weighted by atomic mass is 10.0. The van der Waals surface area contributed by atoms with Crippen molar-refractivity contribution in [3.8, 4) is 0 Å². The molecule has 1 aromatic rings. The lowest BCUT2D eigenvalue weighted by Gasteiger charge is -2.41. The SMILES string of the molecule is Cc1cc(C)c(N2CCN(C)C(CCN)C2)c(C)c1. The number of piperazine rings is 1. The Morgan fingerprint density at radius 2 is 1.79 bits per heavy atom. The molecule has 0 spiro atoms. The molecule has 1 saturated heterocycles. The van der Waals surface area contributed by atoms with Crippen LogP contribution in [0.4, 0.5) is 5.69 Å². The second kappa shape index (κ2) is 5.93. The zero-order valence-electron chi connectivity index (χ0n) is 12.7. The van der Waals surface area contributed by atoms with E-state index in [0.29, 0.717) is 6.04 Å². The Bertz CT molecular complexity index is 419. The van der Waals surface area contributed by atoms with Gasteiger partial charge in [0, 0.05) is 31.4 Å². The van der Waals surface area contributed by atoms with E-state index in [9.17, 15) is 0 Å². The molecule has 2 rings (SSSR count). The average molecular weight is 261 g/mol. The number of hydrogen-bond acceptors (Lipinski definition) is 3. The van der Waals surface area contributed by atoms with Gasteiger partial charge in [0.1, 0.15) is 0 Å². The topological polar surface area (TPSA) is 32.5 Å². The number of aryl methyl sites for hydroxylation is 3. The molecule has 3 nitrogen and oxygen atoms in total. The van der Waals surface area contributed by atoms with Gasteiger partial charge in [-0.3, -0.25) is 4.90 Å². The van der Waals surface area contributed by atoms with Crippen molar-refractivity contribution in [3.63, 3.8) is 0 Å². The van der Waals surface area contributed by atoms with E-state index in [1.54, 1.807) is 0 Å². The summed E-state index contributed by atoms with van der Waals surface area (Å²) in [4.78, 5) is 4.99. The molecule has 0 radical (unpaired) electrons. The largest absolute Gasteiger partial charge is 0.368 e. The van der Waals surface area contributed by atoms with Gasteiger partial charge in [-0.15, -0.1) is 0 Å². The first-order chi connectivity index (χ1) is 9.02. The monoisotopic (exact) mass is 261 g/mol. The van der Waals surface area contributed by atoms with Gasteiger partial charge in [-0.25, -0.2) is 0 Å². The van der Waals surface area contributed by atoms with Crippen LogP contribution < -0.4 is 10.6 Å². The van der Waals surface area contributed by atoms with Crippen molar-refractivity contribution in [1.82, 2.24) is 4.90 Å². The lowest BCUT2D eigenvalue weighted by Crippen LogP contribution is -2.52. The van der Waals surface area contributed by atoms with Crippen LogP contribution in [-0.4, -0.2) is 44.2 Å². The van der Waals surface area contributed by atoms with Gasteiger partial charge in [-0.05, 0) is 51.9 Å². The molecule has 0 aliphatic carbocycles. The van der Waals surface area contributed by atoms with Crippen LogP contribution in [0, 0.1) is 20.8 Å². The molecule has 1 unspecified atom stereocenters. The number of likely N-dealkylation sites (N-methyl/N-ethyl adjacent to an activating group) is 1. The van der Waals surface area contributed by atoms with E-state index in [1.807, 2.05) is 0 Å². The van der Waals surface area contributed by atoms with Gasteiger partial charge < -0.3 is 10.6 Å². The number of nitrogens with zero attached hydrogens (tertiary/aromatic N) is 2. The van der Waals surface area contributed by atoms with Crippen LogP contribution in [0.1, 0.15) is 23.1 Å². The van der Waals surface area contributed by atoms with Crippen molar-refractivity contribution in [3.05, 3.63) is 28.8 Å². The van der Waals surface area contributed by atoms with E-state index in [1.165, 1.54) is 22.4 Å². The summed E-state index contributed by atoms with van der Waals surface area (Å²) in [6, 6.07) is 5.16. The minimum absolute atomic E-state index is 0.582. The molecule has 0 aromatic heterocycles. The quantitative estimate of drug-likeness (QED) is 0.904. The van der Waals surface area contributed by atoms with Gasteiger partial charge in [0.25, 0.3) is 0 Å². The fourth-order valence-corrected chi connectivity index (χ4v) is 3.32. The number of benzene rings is 1. The molecule has 1 aromatic carbocycles. The summed E-state index contributed by atoms with van der Waals surface area (Å²) in [5.41, 5.74) is 11.3. The van der Waals surface area contributed by atoms with Crippen molar-refractivity contribution in [2.24, 2.45) is 5.73 Å². The van der Waals surface area contributed by atoms with Crippen LogP contribution in [0.3, 0.4) is 0 Å². The molecule has 0 saturated carbocycles. The van der Waals surface area contributed by atoms with E-state index < -0.39 is 0 Å². The maximum Gasteiger partial charge on any atom is 0.0426 e. The molecule has 1 heterocycles. The molecular weight excluding hydrogens is 234 g/mol. The van der Waals surface area contributed by atoms with Crippen molar-refractivity contribution in [2.75, 3.05) is 38.1 Å². The third-order valence-corrected chi connectivity index (χ3v) is 4.23. The van der Waals surface area contributed by atoms with Gasteiger partial charge in [-0.1, -0.05) is 17.7 Å². The van der Waals surface area contributed by atoms with E-state index in [2.05, 4.69) is 49.8 Å². The highest BCUT2D eigenvalue weighted by atomic mass is 15.3. The smallest absolute Gasteiger partial charge is 0.0426 e.